The Morgan fingerprint density at radius 2 is 1.84 bits per heavy atom. The van der Waals surface area contributed by atoms with E-state index in [0.717, 1.165) is 16.3 Å². The molecular weight excluding hydrogens is 242 g/mol. The molecular formula is C15H15NO3. The second-order valence-corrected chi connectivity index (χ2v) is 4.43. The smallest absolute Gasteiger partial charge is 0.326 e. The van der Waals surface area contributed by atoms with Gasteiger partial charge in [-0.15, -0.1) is 0 Å². The van der Waals surface area contributed by atoms with Crippen LogP contribution in [-0.2, 0) is 16.0 Å². The van der Waals surface area contributed by atoms with Crippen LogP contribution in [0, 0.1) is 0 Å². The van der Waals surface area contributed by atoms with Crippen molar-refractivity contribution in [1.29, 1.82) is 0 Å². The normalized spacial score (nSPS) is 12.1. The van der Waals surface area contributed by atoms with Crippen molar-refractivity contribution in [2.24, 2.45) is 0 Å². The molecule has 0 aliphatic heterocycles. The molecule has 4 nitrogen and oxygen atoms in total. The van der Waals surface area contributed by atoms with Crippen LogP contribution in [0.15, 0.2) is 42.5 Å². The lowest BCUT2D eigenvalue weighted by molar-refractivity contribution is -0.141. The SMILES string of the molecule is CC(=O)N[C@H](Cc1cccc2ccccc12)C(=O)O. The second kappa shape index (κ2) is 5.52. The molecule has 2 N–H and O–H groups in total. The molecule has 0 fully saturated rings. The molecule has 0 aromatic heterocycles. The van der Waals surface area contributed by atoms with Gasteiger partial charge < -0.3 is 10.4 Å². The van der Waals surface area contributed by atoms with Gasteiger partial charge in [-0.1, -0.05) is 42.5 Å². The standard InChI is InChI=1S/C15H15NO3/c1-10(17)16-14(15(18)19)9-12-7-4-6-11-5-2-3-8-13(11)12/h2-8,14H,9H2,1H3,(H,16,17)(H,18,19)/t14-/m1/s1. The van der Waals surface area contributed by atoms with E-state index in [1.165, 1.54) is 6.92 Å². The highest BCUT2D eigenvalue weighted by molar-refractivity contribution is 5.87. The van der Waals surface area contributed by atoms with Gasteiger partial charge in [0, 0.05) is 13.3 Å². The van der Waals surface area contributed by atoms with E-state index in [1.54, 1.807) is 0 Å². The molecule has 0 aliphatic rings. The Balaban J connectivity index is 2.33. The fraction of sp³-hybridized carbons (Fsp3) is 0.200. The Kier molecular flexibility index (Phi) is 3.80. The highest BCUT2D eigenvalue weighted by atomic mass is 16.4. The molecule has 0 saturated carbocycles. The summed E-state index contributed by atoms with van der Waals surface area (Å²) in [6.45, 7) is 1.32. The van der Waals surface area contributed by atoms with Crippen LogP contribution in [0.5, 0.6) is 0 Å². The number of carboxylic acid groups (broad SMARTS) is 1. The number of nitrogens with one attached hydrogen (secondary N) is 1. The van der Waals surface area contributed by atoms with Gasteiger partial charge in [-0.2, -0.15) is 0 Å². The van der Waals surface area contributed by atoms with Crippen molar-refractivity contribution in [3.63, 3.8) is 0 Å². The Morgan fingerprint density at radius 1 is 1.16 bits per heavy atom. The van der Waals surface area contributed by atoms with Gasteiger partial charge in [0.25, 0.3) is 0 Å². The first kappa shape index (κ1) is 13.1. The van der Waals surface area contributed by atoms with E-state index in [0.29, 0.717) is 0 Å². The van der Waals surface area contributed by atoms with Gasteiger partial charge >= 0.3 is 5.97 Å². The van der Waals surface area contributed by atoms with E-state index >= 15 is 0 Å². The van der Waals surface area contributed by atoms with Gasteiger partial charge in [0.1, 0.15) is 6.04 Å². The van der Waals surface area contributed by atoms with E-state index in [1.807, 2.05) is 42.5 Å². The van der Waals surface area contributed by atoms with Crippen molar-refractivity contribution in [3.8, 4) is 0 Å². The summed E-state index contributed by atoms with van der Waals surface area (Å²) in [6, 6.07) is 12.7. The zero-order valence-corrected chi connectivity index (χ0v) is 10.6. The zero-order valence-electron chi connectivity index (χ0n) is 10.6. The summed E-state index contributed by atoms with van der Waals surface area (Å²) in [6.07, 6.45) is 0.274. The number of carbonyl (C=O) groups is 2. The van der Waals surface area contributed by atoms with Crippen molar-refractivity contribution in [2.45, 2.75) is 19.4 Å². The van der Waals surface area contributed by atoms with Gasteiger partial charge in [0.05, 0.1) is 0 Å². The van der Waals surface area contributed by atoms with Crippen molar-refractivity contribution in [2.75, 3.05) is 0 Å². The molecule has 19 heavy (non-hydrogen) atoms. The number of hydrogen-bond donors (Lipinski definition) is 2. The topological polar surface area (TPSA) is 66.4 Å². The Morgan fingerprint density at radius 3 is 2.53 bits per heavy atom. The first-order chi connectivity index (χ1) is 9.08. The van der Waals surface area contributed by atoms with Gasteiger partial charge in [-0.3, -0.25) is 4.79 Å². The zero-order chi connectivity index (χ0) is 13.8. The number of hydrogen-bond acceptors (Lipinski definition) is 2. The molecule has 0 bridgehead atoms. The highest BCUT2D eigenvalue weighted by Crippen LogP contribution is 2.19. The number of benzene rings is 2. The summed E-state index contributed by atoms with van der Waals surface area (Å²) in [4.78, 5) is 22.2. The lowest BCUT2D eigenvalue weighted by atomic mass is 9.99. The summed E-state index contributed by atoms with van der Waals surface area (Å²) < 4.78 is 0. The second-order valence-electron chi connectivity index (χ2n) is 4.43. The van der Waals surface area contributed by atoms with E-state index in [4.69, 9.17) is 5.11 Å². The van der Waals surface area contributed by atoms with Crippen LogP contribution in [0.4, 0.5) is 0 Å². The lowest BCUT2D eigenvalue weighted by Gasteiger charge is -2.14. The fourth-order valence-corrected chi connectivity index (χ4v) is 2.14. The minimum atomic E-state index is -1.02. The first-order valence-corrected chi connectivity index (χ1v) is 6.04. The quantitative estimate of drug-likeness (QED) is 0.880. The summed E-state index contributed by atoms with van der Waals surface area (Å²) in [5.41, 5.74) is 0.916. The predicted octanol–water partition coefficient (Wildman–Crippen LogP) is 1.97. The third kappa shape index (κ3) is 3.10. The third-order valence-corrected chi connectivity index (χ3v) is 2.98. The molecule has 0 aliphatic carbocycles. The molecule has 1 amide bonds. The van der Waals surface area contributed by atoms with Crippen LogP contribution < -0.4 is 5.32 Å². The van der Waals surface area contributed by atoms with Crippen molar-refractivity contribution < 1.29 is 14.7 Å². The molecule has 0 unspecified atom stereocenters. The van der Waals surface area contributed by atoms with Crippen LogP contribution in [0.2, 0.25) is 0 Å². The monoisotopic (exact) mass is 257 g/mol. The van der Waals surface area contributed by atoms with E-state index in [9.17, 15) is 9.59 Å². The molecule has 2 rings (SSSR count). The molecule has 1 atom stereocenters. The van der Waals surface area contributed by atoms with Crippen LogP contribution >= 0.6 is 0 Å². The van der Waals surface area contributed by atoms with Crippen molar-refractivity contribution in [3.05, 3.63) is 48.0 Å². The highest BCUT2D eigenvalue weighted by Gasteiger charge is 2.19. The third-order valence-electron chi connectivity index (χ3n) is 2.98. The van der Waals surface area contributed by atoms with Crippen LogP contribution in [0.1, 0.15) is 12.5 Å². The van der Waals surface area contributed by atoms with Gasteiger partial charge in [0.15, 0.2) is 0 Å². The Bertz CT molecular complexity index is 616. The number of aliphatic carboxylic acids is 1. The molecule has 0 heterocycles. The number of rotatable bonds is 4. The summed E-state index contributed by atoms with van der Waals surface area (Å²) in [5.74, 6) is -1.37. The lowest BCUT2D eigenvalue weighted by Crippen LogP contribution is -2.41. The van der Waals surface area contributed by atoms with Gasteiger partial charge in [-0.25, -0.2) is 4.79 Å². The molecule has 2 aromatic rings. The first-order valence-electron chi connectivity index (χ1n) is 6.04. The van der Waals surface area contributed by atoms with E-state index < -0.39 is 12.0 Å². The van der Waals surface area contributed by atoms with Crippen LogP contribution in [0.3, 0.4) is 0 Å². The summed E-state index contributed by atoms with van der Waals surface area (Å²) >= 11 is 0. The molecule has 0 saturated heterocycles. The summed E-state index contributed by atoms with van der Waals surface area (Å²) in [7, 11) is 0. The number of amides is 1. The van der Waals surface area contributed by atoms with Crippen LogP contribution in [0.25, 0.3) is 10.8 Å². The van der Waals surface area contributed by atoms with E-state index in [2.05, 4.69) is 5.32 Å². The average molecular weight is 257 g/mol. The number of carbonyl (C=O) groups excluding carboxylic acids is 1. The fourth-order valence-electron chi connectivity index (χ4n) is 2.14. The minimum Gasteiger partial charge on any atom is -0.480 e. The molecule has 4 heteroatoms. The Hall–Kier alpha value is -2.36. The number of fused-ring (bicyclic) bond motifs is 1. The van der Waals surface area contributed by atoms with E-state index in [-0.39, 0.29) is 12.3 Å². The Labute approximate surface area is 111 Å². The molecule has 0 spiro atoms. The average Bonchev–Trinajstić information content (AvgIpc) is 2.37. The maximum absolute atomic E-state index is 11.2. The van der Waals surface area contributed by atoms with Crippen molar-refractivity contribution >= 4 is 22.6 Å². The van der Waals surface area contributed by atoms with Crippen LogP contribution in [-0.4, -0.2) is 23.0 Å². The largest absolute Gasteiger partial charge is 0.480 e. The minimum absolute atomic E-state index is 0.274. The molecule has 0 radical (unpaired) electrons. The predicted molar refractivity (Wildman–Crippen MR) is 72.9 cm³/mol. The molecule has 98 valence electrons. The maximum atomic E-state index is 11.2. The van der Waals surface area contributed by atoms with Crippen molar-refractivity contribution in [1.82, 2.24) is 5.32 Å². The number of carboxylic acids is 1. The maximum Gasteiger partial charge on any atom is 0.326 e. The molecule has 2 aromatic carbocycles. The van der Waals surface area contributed by atoms with Gasteiger partial charge in [-0.05, 0) is 16.3 Å². The summed E-state index contributed by atoms with van der Waals surface area (Å²) in [5, 5.41) is 13.7. The van der Waals surface area contributed by atoms with Gasteiger partial charge in [0.2, 0.25) is 5.91 Å².